The van der Waals surface area contributed by atoms with Crippen molar-refractivity contribution in [2.45, 2.75) is 57.6 Å². The monoisotopic (exact) mass is 229 g/mol. The molecule has 3 heteroatoms. The van der Waals surface area contributed by atoms with Crippen molar-refractivity contribution in [2.75, 3.05) is 26.9 Å². The van der Waals surface area contributed by atoms with Crippen LogP contribution in [0.1, 0.15) is 46.0 Å². The first-order valence-corrected chi connectivity index (χ1v) is 6.59. The Kier molecular flexibility index (Phi) is 6.32. The molecule has 1 rings (SSSR count). The standard InChI is InChI=1S/C13H27NO2/c1-4-9-14-12(7-5-10-15-3)13(2)8-6-11-16-13/h12,14H,4-11H2,1-3H3. The molecule has 2 unspecified atom stereocenters. The van der Waals surface area contributed by atoms with Crippen molar-refractivity contribution in [3.8, 4) is 0 Å². The molecule has 0 radical (unpaired) electrons. The minimum absolute atomic E-state index is 0.0446. The molecular formula is C13H27NO2. The van der Waals surface area contributed by atoms with E-state index in [0.717, 1.165) is 32.6 Å². The molecule has 2 atom stereocenters. The number of ether oxygens (including phenoxy) is 2. The average molecular weight is 229 g/mol. The first-order valence-electron chi connectivity index (χ1n) is 6.59. The average Bonchev–Trinajstić information content (AvgIpc) is 2.71. The van der Waals surface area contributed by atoms with Gasteiger partial charge in [-0.2, -0.15) is 0 Å². The first-order chi connectivity index (χ1) is 7.73. The summed E-state index contributed by atoms with van der Waals surface area (Å²) in [5, 5.41) is 3.63. The number of hydrogen-bond donors (Lipinski definition) is 1. The van der Waals surface area contributed by atoms with E-state index in [0.29, 0.717) is 6.04 Å². The van der Waals surface area contributed by atoms with Crippen LogP contribution in [0.5, 0.6) is 0 Å². The zero-order valence-corrected chi connectivity index (χ0v) is 11.1. The zero-order valence-electron chi connectivity index (χ0n) is 11.1. The van der Waals surface area contributed by atoms with E-state index in [-0.39, 0.29) is 5.60 Å². The highest BCUT2D eigenvalue weighted by atomic mass is 16.5. The molecule has 0 aromatic rings. The summed E-state index contributed by atoms with van der Waals surface area (Å²) < 4.78 is 11.1. The van der Waals surface area contributed by atoms with Gasteiger partial charge in [0.25, 0.3) is 0 Å². The van der Waals surface area contributed by atoms with Crippen LogP contribution in [-0.2, 0) is 9.47 Å². The summed E-state index contributed by atoms with van der Waals surface area (Å²) in [4.78, 5) is 0. The summed E-state index contributed by atoms with van der Waals surface area (Å²) >= 11 is 0. The molecule has 0 aromatic carbocycles. The Labute approximate surface area is 99.9 Å². The van der Waals surface area contributed by atoms with E-state index in [4.69, 9.17) is 9.47 Å². The van der Waals surface area contributed by atoms with Crippen molar-refractivity contribution in [2.24, 2.45) is 0 Å². The highest BCUT2D eigenvalue weighted by Gasteiger charge is 2.37. The summed E-state index contributed by atoms with van der Waals surface area (Å²) in [5.41, 5.74) is 0.0446. The molecule has 1 N–H and O–H groups in total. The molecule has 3 nitrogen and oxygen atoms in total. The maximum absolute atomic E-state index is 5.93. The predicted octanol–water partition coefficient (Wildman–Crippen LogP) is 2.35. The molecule has 1 heterocycles. The van der Waals surface area contributed by atoms with E-state index in [1.165, 1.54) is 19.3 Å². The van der Waals surface area contributed by atoms with Crippen LogP contribution >= 0.6 is 0 Å². The van der Waals surface area contributed by atoms with Crippen LogP contribution in [0.2, 0.25) is 0 Å². The second kappa shape index (κ2) is 7.25. The van der Waals surface area contributed by atoms with E-state index in [2.05, 4.69) is 19.2 Å². The van der Waals surface area contributed by atoms with Gasteiger partial charge in [-0.15, -0.1) is 0 Å². The Hall–Kier alpha value is -0.120. The van der Waals surface area contributed by atoms with E-state index < -0.39 is 0 Å². The molecule has 0 aromatic heterocycles. The van der Waals surface area contributed by atoms with E-state index in [9.17, 15) is 0 Å². The fraction of sp³-hybridized carbons (Fsp3) is 1.00. The van der Waals surface area contributed by atoms with Gasteiger partial charge in [0.2, 0.25) is 0 Å². The smallest absolute Gasteiger partial charge is 0.0807 e. The highest BCUT2D eigenvalue weighted by molar-refractivity contribution is 4.92. The summed E-state index contributed by atoms with van der Waals surface area (Å²) in [5.74, 6) is 0. The molecule has 0 saturated carbocycles. The molecule has 1 aliphatic heterocycles. The van der Waals surface area contributed by atoms with E-state index in [1.54, 1.807) is 7.11 Å². The third-order valence-electron chi connectivity index (χ3n) is 3.47. The Morgan fingerprint density at radius 1 is 1.50 bits per heavy atom. The van der Waals surface area contributed by atoms with Gasteiger partial charge in [0.1, 0.15) is 0 Å². The Balaban J connectivity index is 2.41. The van der Waals surface area contributed by atoms with Crippen LogP contribution in [0.25, 0.3) is 0 Å². The Bertz CT molecular complexity index is 179. The van der Waals surface area contributed by atoms with E-state index >= 15 is 0 Å². The maximum Gasteiger partial charge on any atom is 0.0807 e. The number of hydrogen-bond acceptors (Lipinski definition) is 3. The lowest BCUT2D eigenvalue weighted by Gasteiger charge is -2.34. The quantitative estimate of drug-likeness (QED) is 0.648. The first kappa shape index (κ1) is 13.9. The van der Waals surface area contributed by atoms with Crippen molar-refractivity contribution in [1.82, 2.24) is 5.32 Å². The lowest BCUT2D eigenvalue weighted by atomic mass is 9.89. The molecule has 0 amide bonds. The number of rotatable bonds is 8. The zero-order chi connectivity index (χ0) is 11.9. The second-order valence-electron chi connectivity index (χ2n) is 4.91. The topological polar surface area (TPSA) is 30.5 Å². The van der Waals surface area contributed by atoms with Crippen molar-refractivity contribution in [3.63, 3.8) is 0 Å². The summed E-state index contributed by atoms with van der Waals surface area (Å²) in [6.07, 6.45) is 5.81. The minimum Gasteiger partial charge on any atom is -0.385 e. The largest absolute Gasteiger partial charge is 0.385 e. The van der Waals surface area contributed by atoms with Gasteiger partial charge < -0.3 is 14.8 Å². The van der Waals surface area contributed by atoms with Gasteiger partial charge in [-0.1, -0.05) is 6.92 Å². The molecule has 1 fully saturated rings. The maximum atomic E-state index is 5.93. The molecule has 0 spiro atoms. The van der Waals surface area contributed by atoms with Crippen molar-refractivity contribution >= 4 is 0 Å². The minimum atomic E-state index is 0.0446. The normalized spacial score (nSPS) is 27.2. The lowest BCUT2D eigenvalue weighted by Crippen LogP contribution is -2.48. The van der Waals surface area contributed by atoms with Gasteiger partial charge in [0.15, 0.2) is 0 Å². The highest BCUT2D eigenvalue weighted by Crippen LogP contribution is 2.30. The van der Waals surface area contributed by atoms with Crippen molar-refractivity contribution < 1.29 is 9.47 Å². The Morgan fingerprint density at radius 3 is 2.88 bits per heavy atom. The number of methoxy groups -OCH3 is 1. The van der Waals surface area contributed by atoms with Crippen molar-refractivity contribution in [3.05, 3.63) is 0 Å². The molecule has 16 heavy (non-hydrogen) atoms. The molecule has 0 aliphatic carbocycles. The van der Waals surface area contributed by atoms with Crippen LogP contribution in [-0.4, -0.2) is 38.5 Å². The van der Waals surface area contributed by atoms with Crippen LogP contribution in [0.15, 0.2) is 0 Å². The lowest BCUT2D eigenvalue weighted by molar-refractivity contribution is -0.0156. The van der Waals surface area contributed by atoms with Gasteiger partial charge >= 0.3 is 0 Å². The second-order valence-corrected chi connectivity index (χ2v) is 4.91. The summed E-state index contributed by atoms with van der Waals surface area (Å²) in [6, 6.07) is 0.477. The van der Waals surface area contributed by atoms with Gasteiger partial charge in [0.05, 0.1) is 5.60 Å². The third-order valence-corrected chi connectivity index (χ3v) is 3.47. The van der Waals surface area contributed by atoms with Crippen LogP contribution in [0.3, 0.4) is 0 Å². The van der Waals surface area contributed by atoms with Crippen LogP contribution in [0.4, 0.5) is 0 Å². The number of nitrogens with one attached hydrogen (secondary N) is 1. The molecule has 0 bridgehead atoms. The van der Waals surface area contributed by atoms with Gasteiger partial charge in [-0.25, -0.2) is 0 Å². The molecule has 1 saturated heterocycles. The van der Waals surface area contributed by atoms with E-state index in [1.807, 2.05) is 0 Å². The van der Waals surface area contributed by atoms with Crippen LogP contribution < -0.4 is 5.32 Å². The van der Waals surface area contributed by atoms with Crippen molar-refractivity contribution in [1.29, 1.82) is 0 Å². The fourth-order valence-electron chi connectivity index (χ4n) is 2.45. The van der Waals surface area contributed by atoms with Gasteiger partial charge in [-0.3, -0.25) is 0 Å². The fourth-order valence-corrected chi connectivity index (χ4v) is 2.45. The summed E-state index contributed by atoms with van der Waals surface area (Å²) in [7, 11) is 1.77. The molecule has 1 aliphatic rings. The third kappa shape index (κ3) is 4.04. The summed E-state index contributed by atoms with van der Waals surface area (Å²) in [6.45, 7) is 7.30. The predicted molar refractivity (Wildman–Crippen MR) is 66.8 cm³/mol. The molecular weight excluding hydrogens is 202 g/mol. The SMILES string of the molecule is CCCNC(CCCOC)C1(C)CCCO1. The molecule has 96 valence electrons. The van der Waals surface area contributed by atoms with Crippen LogP contribution in [0, 0.1) is 0 Å². The Morgan fingerprint density at radius 2 is 2.31 bits per heavy atom. The van der Waals surface area contributed by atoms with Gasteiger partial charge in [0, 0.05) is 26.4 Å². The van der Waals surface area contributed by atoms with Gasteiger partial charge in [-0.05, 0) is 45.6 Å².